The van der Waals surface area contributed by atoms with Gasteiger partial charge < -0.3 is 9.30 Å². The summed E-state index contributed by atoms with van der Waals surface area (Å²) in [5, 5.41) is 0. The van der Waals surface area contributed by atoms with E-state index < -0.39 is 0 Å². The fourth-order valence-corrected chi connectivity index (χ4v) is 3.14. The third-order valence-corrected chi connectivity index (χ3v) is 4.38. The molecule has 0 aromatic carbocycles. The third kappa shape index (κ3) is 2.24. The molecular weight excluding hydrogens is 250 g/mol. The van der Waals surface area contributed by atoms with Crippen molar-refractivity contribution in [2.24, 2.45) is 0 Å². The fraction of sp³-hybridized carbons (Fsp3) is 0.500. The van der Waals surface area contributed by atoms with E-state index in [9.17, 15) is 4.79 Å². The molecule has 0 spiro atoms. The van der Waals surface area contributed by atoms with Crippen molar-refractivity contribution in [2.75, 3.05) is 13.1 Å². The molecule has 20 heavy (non-hydrogen) atoms. The van der Waals surface area contributed by atoms with Gasteiger partial charge in [0.05, 0.1) is 11.7 Å². The van der Waals surface area contributed by atoms with E-state index in [4.69, 9.17) is 0 Å². The number of likely N-dealkylation sites (tertiary alicyclic amines) is 1. The highest BCUT2D eigenvalue weighted by molar-refractivity contribution is 5.85. The first-order valence-electron chi connectivity index (χ1n) is 7.36. The van der Waals surface area contributed by atoms with Crippen LogP contribution in [0, 0.1) is 0 Å². The third-order valence-electron chi connectivity index (χ3n) is 4.38. The second-order valence-electron chi connectivity index (χ2n) is 5.86. The predicted octanol–water partition coefficient (Wildman–Crippen LogP) is 2.73. The molecule has 0 unspecified atom stereocenters. The van der Waals surface area contributed by atoms with Crippen molar-refractivity contribution in [1.82, 2.24) is 14.3 Å². The van der Waals surface area contributed by atoms with Crippen molar-refractivity contribution in [2.45, 2.75) is 38.6 Å². The number of carbonyl (C=O) groups excluding carboxylic acids is 1. The van der Waals surface area contributed by atoms with E-state index in [1.165, 1.54) is 0 Å². The molecule has 1 aliphatic heterocycles. The molecule has 3 heterocycles. The van der Waals surface area contributed by atoms with Gasteiger partial charge in [-0.2, -0.15) is 0 Å². The minimum atomic E-state index is 0.495. The van der Waals surface area contributed by atoms with E-state index in [0.717, 1.165) is 43.6 Å². The van der Waals surface area contributed by atoms with Crippen LogP contribution in [0.1, 0.15) is 48.8 Å². The van der Waals surface area contributed by atoms with Crippen molar-refractivity contribution in [3.63, 3.8) is 0 Å². The van der Waals surface area contributed by atoms with Crippen LogP contribution < -0.4 is 0 Å². The first-order valence-corrected chi connectivity index (χ1v) is 7.36. The Labute approximate surface area is 119 Å². The minimum Gasteiger partial charge on any atom is -0.303 e. The van der Waals surface area contributed by atoms with Crippen molar-refractivity contribution < 1.29 is 4.79 Å². The number of aldehydes is 1. The predicted molar refractivity (Wildman–Crippen MR) is 79.3 cm³/mol. The van der Waals surface area contributed by atoms with E-state index in [2.05, 4.69) is 28.1 Å². The van der Waals surface area contributed by atoms with E-state index in [-0.39, 0.29) is 0 Å². The summed E-state index contributed by atoms with van der Waals surface area (Å²) in [6, 6.07) is 4.38. The second kappa shape index (κ2) is 5.37. The number of hydrogen-bond acceptors (Lipinski definition) is 3. The molecule has 0 amide bonds. The van der Waals surface area contributed by atoms with E-state index in [1.54, 1.807) is 0 Å². The number of aromatic nitrogens is 2. The average Bonchev–Trinajstić information content (AvgIpc) is 2.91. The maximum atomic E-state index is 11.1. The molecule has 1 saturated heterocycles. The first-order chi connectivity index (χ1) is 9.70. The number of nitrogens with zero attached hydrogens (tertiary/aromatic N) is 3. The minimum absolute atomic E-state index is 0.495. The Bertz CT molecular complexity index is 609. The summed E-state index contributed by atoms with van der Waals surface area (Å²) in [4.78, 5) is 18.2. The molecule has 4 heteroatoms. The molecule has 0 radical (unpaired) electrons. The van der Waals surface area contributed by atoms with Gasteiger partial charge in [-0.1, -0.05) is 0 Å². The molecule has 1 fully saturated rings. The quantitative estimate of drug-likeness (QED) is 0.806. The van der Waals surface area contributed by atoms with Crippen LogP contribution in [0.3, 0.4) is 0 Å². The van der Waals surface area contributed by atoms with Gasteiger partial charge in [-0.15, -0.1) is 0 Å². The zero-order chi connectivity index (χ0) is 14.1. The summed E-state index contributed by atoms with van der Waals surface area (Å²) in [7, 11) is 0. The van der Waals surface area contributed by atoms with E-state index in [1.807, 2.05) is 24.5 Å². The summed E-state index contributed by atoms with van der Waals surface area (Å²) < 4.78 is 2.08. The number of carbonyl (C=O) groups is 1. The maximum absolute atomic E-state index is 11.1. The van der Waals surface area contributed by atoms with E-state index >= 15 is 0 Å². The van der Waals surface area contributed by atoms with Gasteiger partial charge in [0.15, 0.2) is 6.29 Å². The smallest absolute Gasteiger partial charge is 0.152 e. The Morgan fingerprint density at radius 2 is 2.10 bits per heavy atom. The molecular formula is C16H21N3O. The zero-order valence-electron chi connectivity index (χ0n) is 12.1. The number of pyridine rings is 1. The lowest BCUT2D eigenvalue weighted by Gasteiger charge is -2.34. The van der Waals surface area contributed by atoms with Crippen LogP contribution >= 0.6 is 0 Å². The Morgan fingerprint density at radius 1 is 1.35 bits per heavy atom. The van der Waals surface area contributed by atoms with Crippen LogP contribution in [0.25, 0.3) is 5.52 Å². The fourth-order valence-electron chi connectivity index (χ4n) is 3.14. The van der Waals surface area contributed by atoms with Crippen LogP contribution in [0.2, 0.25) is 0 Å². The molecule has 2 aromatic heterocycles. The molecule has 0 aliphatic carbocycles. The number of fused-ring (bicyclic) bond motifs is 1. The van der Waals surface area contributed by atoms with Crippen LogP contribution in [-0.2, 0) is 0 Å². The monoisotopic (exact) mass is 271 g/mol. The molecule has 2 aromatic rings. The number of hydrogen-bond donors (Lipinski definition) is 0. The largest absolute Gasteiger partial charge is 0.303 e. The first kappa shape index (κ1) is 13.3. The van der Waals surface area contributed by atoms with Crippen LogP contribution in [0.4, 0.5) is 0 Å². The van der Waals surface area contributed by atoms with Crippen molar-refractivity contribution in [1.29, 1.82) is 0 Å². The number of rotatable bonds is 3. The molecule has 0 saturated carbocycles. The van der Waals surface area contributed by atoms with Gasteiger partial charge in [0, 0.05) is 23.7 Å². The zero-order valence-corrected chi connectivity index (χ0v) is 12.1. The standard InChI is InChI=1S/C16H21N3O/c1-12(2)18-8-5-13(6-9-18)16-17-10-15-14(11-20)4-3-7-19(15)16/h3-4,7,10-13H,5-6,8-9H2,1-2H3. The van der Waals surface area contributed by atoms with Gasteiger partial charge in [0.1, 0.15) is 5.82 Å². The van der Waals surface area contributed by atoms with Gasteiger partial charge in [-0.05, 0) is 51.9 Å². The Balaban J connectivity index is 1.87. The summed E-state index contributed by atoms with van der Waals surface area (Å²) >= 11 is 0. The highest BCUT2D eigenvalue weighted by atomic mass is 16.1. The molecule has 0 bridgehead atoms. The molecule has 0 atom stereocenters. The topological polar surface area (TPSA) is 37.6 Å². The van der Waals surface area contributed by atoms with E-state index in [0.29, 0.717) is 17.5 Å². The number of imidazole rings is 1. The van der Waals surface area contributed by atoms with Crippen molar-refractivity contribution in [3.05, 3.63) is 35.9 Å². The highest BCUT2D eigenvalue weighted by Crippen LogP contribution is 2.28. The van der Waals surface area contributed by atoms with Crippen LogP contribution in [0.5, 0.6) is 0 Å². The summed E-state index contributed by atoms with van der Waals surface area (Å²) in [6.45, 7) is 6.76. The molecule has 3 rings (SSSR count). The molecule has 4 nitrogen and oxygen atoms in total. The van der Waals surface area contributed by atoms with Crippen molar-refractivity contribution >= 4 is 11.8 Å². The normalized spacial score (nSPS) is 17.9. The lowest BCUT2D eigenvalue weighted by Crippen LogP contribution is -2.38. The van der Waals surface area contributed by atoms with Gasteiger partial charge in [0.2, 0.25) is 0 Å². The summed E-state index contributed by atoms with van der Waals surface area (Å²) in [5.41, 5.74) is 1.63. The van der Waals surface area contributed by atoms with Gasteiger partial charge in [-0.25, -0.2) is 4.98 Å². The molecule has 106 valence electrons. The van der Waals surface area contributed by atoms with Gasteiger partial charge in [-0.3, -0.25) is 4.79 Å². The lowest BCUT2D eigenvalue weighted by atomic mass is 9.95. The maximum Gasteiger partial charge on any atom is 0.152 e. The average molecular weight is 271 g/mol. The Kier molecular flexibility index (Phi) is 3.57. The van der Waals surface area contributed by atoms with Crippen LogP contribution in [-0.4, -0.2) is 39.7 Å². The van der Waals surface area contributed by atoms with Crippen molar-refractivity contribution in [3.8, 4) is 0 Å². The summed E-state index contributed by atoms with van der Waals surface area (Å²) in [5.74, 6) is 1.60. The SMILES string of the molecule is CC(C)N1CCC(c2ncc3c(C=O)cccn23)CC1. The van der Waals surface area contributed by atoms with Crippen LogP contribution in [0.15, 0.2) is 24.5 Å². The lowest BCUT2D eigenvalue weighted by molar-refractivity contribution is 0.112. The van der Waals surface area contributed by atoms with Gasteiger partial charge >= 0.3 is 0 Å². The Morgan fingerprint density at radius 3 is 2.75 bits per heavy atom. The highest BCUT2D eigenvalue weighted by Gasteiger charge is 2.25. The molecule has 0 N–H and O–H groups in total. The molecule has 1 aliphatic rings. The number of piperidine rings is 1. The van der Waals surface area contributed by atoms with Gasteiger partial charge in [0.25, 0.3) is 0 Å². The Hall–Kier alpha value is -1.68. The second-order valence-corrected chi connectivity index (χ2v) is 5.86. The summed E-state index contributed by atoms with van der Waals surface area (Å²) in [6.07, 6.45) is 7.03.